The van der Waals surface area contributed by atoms with Crippen molar-refractivity contribution in [2.24, 2.45) is 0 Å². The average molecular weight is 479 g/mol. The smallest absolute Gasteiger partial charge is 0.253 e. The first kappa shape index (κ1) is 25.9. The van der Waals surface area contributed by atoms with Gasteiger partial charge in [-0.3, -0.25) is 9.59 Å². The Labute approximate surface area is 199 Å². The highest BCUT2D eigenvalue weighted by atomic mass is 35.5. The molecule has 32 heavy (non-hydrogen) atoms. The van der Waals surface area contributed by atoms with E-state index in [4.69, 9.17) is 21.1 Å². The highest BCUT2D eigenvalue weighted by molar-refractivity contribution is 7.98. The third kappa shape index (κ3) is 7.35. The Hall–Kier alpha value is -2.38. The van der Waals surface area contributed by atoms with Crippen molar-refractivity contribution >= 4 is 35.2 Å². The van der Waals surface area contributed by atoms with Gasteiger partial charge in [0, 0.05) is 0 Å². The van der Waals surface area contributed by atoms with Gasteiger partial charge in [0.25, 0.3) is 5.91 Å². The second-order valence-electron chi connectivity index (χ2n) is 7.28. The number of hydrogen-bond acceptors (Lipinski definition) is 5. The Bertz CT molecular complexity index is 909. The molecule has 2 rings (SSSR count). The zero-order chi connectivity index (χ0) is 23.5. The van der Waals surface area contributed by atoms with Crippen LogP contribution in [0.1, 0.15) is 48.7 Å². The number of benzene rings is 2. The predicted molar refractivity (Wildman–Crippen MR) is 131 cm³/mol. The summed E-state index contributed by atoms with van der Waals surface area (Å²) in [5.41, 5.74) is 1.22. The van der Waals surface area contributed by atoms with Crippen molar-refractivity contribution in [1.82, 2.24) is 10.6 Å². The fourth-order valence-corrected chi connectivity index (χ4v) is 3.76. The van der Waals surface area contributed by atoms with Crippen LogP contribution in [-0.2, 0) is 4.79 Å². The molecule has 2 aromatic rings. The van der Waals surface area contributed by atoms with Crippen LogP contribution in [0.5, 0.6) is 11.5 Å². The molecule has 0 aliphatic rings. The molecule has 0 saturated carbocycles. The van der Waals surface area contributed by atoms with Gasteiger partial charge in [-0.1, -0.05) is 36.7 Å². The Morgan fingerprint density at radius 3 is 2.53 bits per heavy atom. The quantitative estimate of drug-likeness (QED) is 0.455. The molecule has 0 aliphatic carbocycles. The van der Waals surface area contributed by atoms with Crippen molar-refractivity contribution in [1.29, 1.82) is 0 Å². The topological polar surface area (TPSA) is 76.7 Å². The number of carbonyl (C=O) groups excluding carboxylic acids is 2. The molecule has 8 heteroatoms. The van der Waals surface area contributed by atoms with Crippen LogP contribution in [0, 0.1) is 0 Å². The van der Waals surface area contributed by atoms with Gasteiger partial charge in [0.2, 0.25) is 5.91 Å². The van der Waals surface area contributed by atoms with E-state index in [0.29, 0.717) is 35.1 Å². The second-order valence-corrected chi connectivity index (χ2v) is 8.67. The van der Waals surface area contributed by atoms with E-state index in [9.17, 15) is 9.59 Å². The molecule has 0 saturated heterocycles. The molecule has 0 fully saturated rings. The SMILES string of the molecule is CCCOc1ccc(C(C)NC(=O)C(CCSC)NC(=O)c2ccccc2Cl)cc1OC. The molecule has 2 unspecified atom stereocenters. The van der Waals surface area contributed by atoms with Gasteiger partial charge in [-0.25, -0.2) is 0 Å². The van der Waals surface area contributed by atoms with E-state index >= 15 is 0 Å². The zero-order valence-electron chi connectivity index (χ0n) is 18.9. The lowest BCUT2D eigenvalue weighted by atomic mass is 10.1. The van der Waals surface area contributed by atoms with Gasteiger partial charge in [-0.2, -0.15) is 11.8 Å². The van der Waals surface area contributed by atoms with Gasteiger partial charge in [0.1, 0.15) is 6.04 Å². The molecule has 2 aromatic carbocycles. The fourth-order valence-electron chi connectivity index (χ4n) is 3.07. The monoisotopic (exact) mass is 478 g/mol. The summed E-state index contributed by atoms with van der Waals surface area (Å²) in [6, 6.07) is 11.4. The average Bonchev–Trinajstić information content (AvgIpc) is 2.80. The first-order valence-corrected chi connectivity index (χ1v) is 12.3. The lowest BCUT2D eigenvalue weighted by Crippen LogP contribution is -2.47. The van der Waals surface area contributed by atoms with Crippen molar-refractivity contribution in [3.05, 3.63) is 58.6 Å². The van der Waals surface area contributed by atoms with Gasteiger partial charge in [0.15, 0.2) is 11.5 Å². The molecular weight excluding hydrogens is 448 g/mol. The van der Waals surface area contributed by atoms with Crippen LogP contribution < -0.4 is 20.1 Å². The summed E-state index contributed by atoms with van der Waals surface area (Å²) in [6.07, 6.45) is 3.36. The predicted octanol–water partition coefficient (Wildman–Crippen LogP) is 4.87. The molecule has 0 aromatic heterocycles. The van der Waals surface area contributed by atoms with E-state index in [0.717, 1.165) is 17.7 Å². The highest BCUT2D eigenvalue weighted by Gasteiger charge is 2.24. The molecular formula is C24H31ClN2O4S. The Morgan fingerprint density at radius 2 is 1.88 bits per heavy atom. The van der Waals surface area contributed by atoms with Crippen LogP contribution in [0.25, 0.3) is 0 Å². The lowest BCUT2D eigenvalue weighted by Gasteiger charge is -2.22. The maximum absolute atomic E-state index is 13.0. The summed E-state index contributed by atoms with van der Waals surface area (Å²) in [5, 5.41) is 6.17. The van der Waals surface area contributed by atoms with Crippen LogP contribution in [-0.4, -0.2) is 43.6 Å². The highest BCUT2D eigenvalue weighted by Crippen LogP contribution is 2.30. The molecule has 2 atom stereocenters. The summed E-state index contributed by atoms with van der Waals surface area (Å²) >= 11 is 7.75. The van der Waals surface area contributed by atoms with E-state index in [2.05, 4.69) is 10.6 Å². The minimum absolute atomic E-state index is 0.253. The minimum atomic E-state index is -0.678. The van der Waals surface area contributed by atoms with E-state index in [1.165, 1.54) is 0 Å². The molecule has 6 nitrogen and oxygen atoms in total. The van der Waals surface area contributed by atoms with E-state index in [-0.39, 0.29) is 17.9 Å². The number of ether oxygens (including phenoxy) is 2. The second kappa shape index (κ2) is 13.2. The summed E-state index contributed by atoms with van der Waals surface area (Å²) in [5.74, 6) is 1.39. The summed E-state index contributed by atoms with van der Waals surface area (Å²) in [7, 11) is 1.59. The van der Waals surface area contributed by atoms with E-state index in [1.54, 1.807) is 43.1 Å². The lowest BCUT2D eigenvalue weighted by molar-refractivity contribution is -0.123. The molecule has 0 bridgehead atoms. The van der Waals surface area contributed by atoms with Gasteiger partial charge < -0.3 is 20.1 Å². The van der Waals surface area contributed by atoms with Gasteiger partial charge in [-0.15, -0.1) is 0 Å². The summed E-state index contributed by atoms with van der Waals surface area (Å²) < 4.78 is 11.1. The van der Waals surface area contributed by atoms with Crippen LogP contribution in [0.2, 0.25) is 5.02 Å². The van der Waals surface area contributed by atoms with E-state index in [1.807, 2.05) is 38.3 Å². The molecule has 0 spiro atoms. The first-order valence-electron chi connectivity index (χ1n) is 10.6. The third-order valence-electron chi connectivity index (χ3n) is 4.86. The molecule has 0 radical (unpaired) electrons. The standard InChI is InChI=1S/C24H31ClN2O4S/c1-5-13-31-21-11-10-17(15-22(21)30-3)16(2)26-24(29)20(12-14-32-4)27-23(28)18-8-6-7-9-19(18)25/h6-11,15-16,20H,5,12-14H2,1-4H3,(H,26,29)(H,27,28). The Morgan fingerprint density at radius 1 is 1.12 bits per heavy atom. The maximum Gasteiger partial charge on any atom is 0.253 e. The van der Waals surface area contributed by atoms with Crippen molar-refractivity contribution in [3.63, 3.8) is 0 Å². The van der Waals surface area contributed by atoms with Gasteiger partial charge >= 0.3 is 0 Å². The van der Waals surface area contributed by atoms with Crippen molar-refractivity contribution in [2.75, 3.05) is 25.7 Å². The number of carbonyl (C=O) groups is 2. The zero-order valence-corrected chi connectivity index (χ0v) is 20.5. The van der Waals surface area contributed by atoms with Gasteiger partial charge in [-0.05, 0) is 61.6 Å². The number of amides is 2. The summed E-state index contributed by atoms with van der Waals surface area (Å²) in [6.45, 7) is 4.53. The maximum atomic E-state index is 13.0. The number of methoxy groups -OCH3 is 1. The molecule has 174 valence electrons. The number of thioether (sulfide) groups is 1. The number of nitrogens with one attached hydrogen (secondary N) is 2. The van der Waals surface area contributed by atoms with E-state index < -0.39 is 6.04 Å². The Kier molecular flexibility index (Phi) is 10.7. The van der Waals surface area contributed by atoms with Crippen molar-refractivity contribution in [3.8, 4) is 11.5 Å². The fraction of sp³-hybridized carbons (Fsp3) is 0.417. The molecule has 0 heterocycles. The Balaban J connectivity index is 2.11. The van der Waals surface area contributed by atoms with Gasteiger partial charge in [0.05, 0.1) is 30.3 Å². The first-order chi connectivity index (χ1) is 15.4. The third-order valence-corrected chi connectivity index (χ3v) is 5.83. The number of rotatable bonds is 12. The van der Waals surface area contributed by atoms with Crippen LogP contribution in [0.15, 0.2) is 42.5 Å². The van der Waals surface area contributed by atoms with Crippen molar-refractivity contribution in [2.45, 2.75) is 38.8 Å². The number of hydrogen-bond donors (Lipinski definition) is 2. The number of halogens is 1. The van der Waals surface area contributed by atoms with Crippen molar-refractivity contribution < 1.29 is 19.1 Å². The van der Waals surface area contributed by atoms with Crippen LogP contribution in [0.4, 0.5) is 0 Å². The summed E-state index contributed by atoms with van der Waals surface area (Å²) in [4.78, 5) is 25.7. The molecule has 2 amide bonds. The van der Waals surface area contributed by atoms with Crippen LogP contribution >= 0.6 is 23.4 Å². The largest absolute Gasteiger partial charge is 0.493 e. The molecule has 2 N–H and O–H groups in total. The molecule has 0 aliphatic heterocycles. The normalized spacial score (nSPS) is 12.5. The minimum Gasteiger partial charge on any atom is -0.493 e. The van der Waals surface area contributed by atoms with Crippen LogP contribution in [0.3, 0.4) is 0 Å².